The molecular weight excluding hydrogens is 288 g/mol. The van der Waals surface area contributed by atoms with Crippen LogP contribution in [0.1, 0.15) is 6.42 Å². The van der Waals surface area contributed by atoms with Gasteiger partial charge in [0.05, 0.1) is 23.7 Å². The van der Waals surface area contributed by atoms with Gasteiger partial charge < -0.3 is 14.8 Å². The van der Waals surface area contributed by atoms with Gasteiger partial charge >= 0.3 is 11.7 Å². The van der Waals surface area contributed by atoms with E-state index >= 15 is 0 Å². The molecule has 0 radical (unpaired) electrons. The topological polar surface area (TPSA) is 90.7 Å². The second-order valence-electron chi connectivity index (χ2n) is 3.85. The maximum absolute atomic E-state index is 11.4. The van der Waals surface area contributed by atoms with Crippen LogP contribution in [0, 0.1) is 10.1 Å². The highest BCUT2D eigenvalue weighted by atomic mass is 35.5. The van der Waals surface area contributed by atoms with Crippen molar-refractivity contribution in [2.24, 2.45) is 0 Å². The molecule has 1 aromatic carbocycles. The number of halogens is 1. The van der Waals surface area contributed by atoms with Gasteiger partial charge in [0.15, 0.2) is 0 Å². The highest BCUT2D eigenvalue weighted by Crippen LogP contribution is 2.34. The number of nitro benzene ring substituents is 1. The molecule has 0 aliphatic carbocycles. The molecule has 0 saturated carbocycles. The molecule has 110 valence electrons. The molecule has 0 fully saturated rings. The van der Waals surface area contributed by atoms with Crippen molar-refractivity contribution in [3.05, 3.63) is 33.3 Å². The predicted molar refractivity (Wildman–Crippen MR) is 73.1 cm³/mol. The third-order valence-electron chi connectivity index (χ3n) is 2.63. The zero-order valence-corrected chi connectivity index (χ0v) is 11.8. The number of benzene rings is 1. The number of hydrogen-bond donors (Lipinski definition) is 1. The van der Waals surface area contributed by atoms with Crippen LogP contribution in [0.15, 0.2) is 18.2 Å². The summed E-state index contributed by atoms with van der Waals surface area (Å²) in [4.78, 5) is 21.6. The molecule has 0 amide bonds. The first-order valence-corrected chi connectivity index (χ1v) is 6.19. The Morgan fingerprint density at radius 3 is 2.80 bits per heavy atom. The highest BCUT2D eigenvalue weighted by molar-refractivity contribution is 6.32. The number of ether oxygens (including phenoxy) is 2. The van der Waals surface area contributed by atoms with Crippen LogP contribution in [0.3, 0.4) is 0 Å². The number of para-hydroxylation sites is 1. The maximum Gasteiger partial charge on any atom is 0.322 e. The van der Waals surface area contributed by atoms with E-state index in [4.69, 9.17) is 16.3 Å². The molecule has 8 heteroatoms. The summed E-state index contributed by atoms with van der Waals surface area (Å²) in [5.41, 5.74) is -0.212. The number of carbonyl (C=O) groups is 1. The average molecular weight is 303 g/mol. The standard InChI is InChI=1S/C12H15ClN2O5/c1-14-9(12(16)19-2)6-7-20-11-8(13)4-3-5-10(11)15(17)18/h3-5,9,14H,6-7H2,1-2H3. The number of rotatable bonds is 7. The number of hydrogen-bond acceptors (Lipinski definition) is 6. The Hall–Kier alpha value is -1.86. The molecule has 0 heterocycles. The van der Waals surface area contributed by atoms with E-state index in [9.17, 15) is 14.9 Å². The van der Waals surface area contributed by atoms with Crippen molar-refractivity contribution in [3.8, 4) is 5.75 Å². The number of nitro groups is 1. The van der Waals surface area contributed by atoms with Crippen LogP contribution >= 0.6 is 11.6 Å². The lowest BCUT2D eigenvalue weighted by molar-refractivity contribution is -0.385. The normalized spacial score (nSPS) is 11.8. The fraction of sp³-hybridized carbons (Fsp3) is 0.417. The van der Waals surface area contributed by atoms with Gasteiger partial charge in [-0.2, -0.15) is 0 Å². The van der Waals surface area contributed by atoms with E-state index < -0.39 is 16.9 Å². The largest absolute Gasteiger partial charge is 0.486 e. The lowest BCUT2D eigenvalue weighted by Gasteiger charge is -2.14. The Morgan fingerprint density at radius 1 is 1.55 bits per heavy atom. The minimum absolute atomic E-state index is 0.00103. The zero-order chi connectivity index (χ0) is 15.1. The molecule has 0 spiro atoms. The lowest BCUT2D eigenvalue weighted by atomic mass is 10.2. The number of nitrogens with one attached hydrogen (secondary N) is 1. The molecule has 0 saturated heterocycles. The van der Waals surface area contributed by atoms with Crippen molar-refractivity contribution in [1.29, 1.82) is 0 Å². The molecule has 1 aromatic rings. The SMILES string of the molecule is CNC(CCOc1c(Cl)cccc1[N+](=O)[O-])C(=O)OC. The van der Waals surface area contributed by atoms with Gasteiger partial charge in [0.2, 0.25) is 5.75 Å². The second kappa shape index (κ2) is 7.66. The number of esters is 1. The van der Waals surface area contributed by atoms with E-state index in [1.807, 2.05) is 0 Å². The van der Waals surface area contributed by atoms with Crippen LogP contribution in [-0.4, -0.2) is 37.7 Å². The first-order valence-electron chi connectivity index (χ1n) is 5.82. The number of carbonyl (C=O) groups excluding carboxylic acids is 1. The smallest absolute Gasteiger partial charge is 0.322 e. The van der Waals surface area contributed by atoms with Gasteiger partial charge in [-0.25, -0.2) is 0 Å². The second-order valence-corrected chi connectivity index (χ2v) is 4.25. The van der Waals surface area contributed by atoms with E-state index in [1.165, 1.54) is 25.3 Å². The van der Waals surface area contributed by atoms with Gasteiger partial charge in [0, 0.05) is 12.5 Å². The van der Waals surface area contributed by atoms with Gasteiger partial charge in [0.1, 0.15) is 6.04 Å². The van der Waals surface area contributed by atoms with Crippen LogP contribution < -0.4 is 10.1 Å². The van der Waals surface area contributed by atoms with Crippen molar-refractivity contribution in [1.82, 2.24) is 5.32 Å². The molecule has 0 aliphatic heterocycles. The third kappa shape index (κ3) is 4.07. The molecule has 20 heavy (non-hydrogen) atoms. The summed E-state index contributed by atoms with van der Waals surface area (Å²) in [5, 5.41) is 13.8. The minimum Gasteiger partial charge on any atom is -0.486 e. The maximum atomic E-state index is 11.4. The first-order chi connectivity index (χ1) is 9.51. The summed E-state index contributed by atoms with van der Waals surface area (Å²) < 4.78 is 9.94. The van der Waals surface area contributed by atoms with Crippen molar-refractivity contribution < 1.29 is 19.2 Å². The summed E-state index contributed by atoms with van der Waals surface area (Å²) in [6.07, 6.45) is 0.297. The first kappa shape index (κ1) is 16.2. The Kier molecular flexibility index (Phi) is 6.20. The Morgan fingerprint density at radius 2 is 2.25 bits per heavy atom. The Balaban J connectivity index is 2.71. The highest BCUT2D eigenvalue weighted by Gasteiger charge is 2.20. The molecule has 1 N–H and O–H groups in total. The van der Waals surface area contributed by atoms with Gasteiger partial charge in [-0.1, -0.05) is 17.7 Å². The zero-order valence-electron chi connectivity index (χ0n) is 11.1. The van der Waals surface area contributed by atoms with Gasteiger partial charge in [-0.15, -0.1) is 0 Å². The predicted octanol–water partition coefficient (Wildman–Crippen LogP) is 1.78. The van der Waals surface area contributed by atoms with Crippen molar-refractivity contribution in [3.63, 3.8) is 0 Å². The number of methoxy groups -OCH3 is 1. The average Bonchev–Trinajstić information content (AvgIpc) is 2.43. The van der Waals surface area contributed by atoms with E-state index in [1.54, 1.807) is 7.05 Å². The summed E-state index contributed by atoms with van der Waals surface area (Å²) >= 11 is 5.88. The van der Waals surface area contributed by atoms with E-state index in [-0.39, 0.29) is 23.1 Å². The monoisotopic (exact) mass is 302 g/mol. The van der Waals surface area contributed by atoms with Crippen molar-refractivity contribution in [2.45, 2.75) is 12.5 Å². The molecule has 1 atom stereocenters. The molecule has 1 unspecified atom stereocenters. The molecular formula is C12H15ClN2O5. The van der Waals surface area contributed by atoms with Gasteiger partial charge in [-0.05, 0) is 13.1 Å². The van der Waals surface area contributed by atoms with E-state index in [2.05, 4.69) is 10.1 Å². The Labute approximate surface area is 121 Å². The third-order valence-corrected chi connectivity index (χ3v) is 2.93. The van der Waals surface area contributed by atoms with Crippen LogP contribution in [0.25, 0.3) is 0 Å². The number of nitrogens with zero attached hydrogens (tertiary/aromatic N) is 1. The summed E-state index contributed by atoms with van der Waals surface area (Å²) in [6.45, 7) is 0.0885. The molecule has 0 aromatic heterocycles. The van der Waals surface area contributed by atoms with Gasteiger partial charge in [0.25, 0.3) is 0 Å². The number of likely N-dealkylation sites (N-methyl/N-ethyl adjacent to an activating group) is 1. The fourth-order valence-electron chi connectivity index (χ4n) is 1.59. The molecule has 1 rings (SSSR count). The van der Waals surface area contributed by atoms with Gasteiger partial charge in [-0.3, -0.25) is 14.9 Å². The summed E-state index contributed by atoms with van der Waals surface area (Å²) in [6, 6.07) is 3.73. The van der Waals surface area contributed by atoms with Crippen LogP contribution in [0.2, 0.25) is 5.02 Å². The van der Waals surface area contributed by atoms with E-state index in [0.717, 1.165) is 0 Å². The molecule has 0 aliphatic rings. The van der Waals surface area contributed by atoms with Crippen molar-refractivity contribution >= 4 is 23.3 Å². The Bertz CT molecular complexity index is 495. The van der Waals surface area contributed by atoms with E-state index in [0.29, 0.717) is 6.42 Å². The van der Waals surface area contributed by atoms with Crippen LogP contribution in [-0.2, 0) is 9.53 Å². The quantitative estimate of drug-likeness (QED) is 0.469. The lowest BCUT2D eigenvalue weighted by Crippen LogP contribution is -2.36. The fourth-order valence-corrected chi connectivity index (χ4v) is 1.81. The summed E-state index contributed by atoms with van der Waals surface area (Å²) in [5.74, 6) is -0.427. The molecule has 7 nitrogen and oxygen atoms in total. The van der Waals surface area contributed by atoms with Crippen LogP contribution in [0.4, 0.5) is 5.69 Å². The van der Waals surface area contributed by atoms with Crippen molar-refractivity contribution in [2.75, 3.05) is 20.8 Å². The van der Waals surface area contributed by atoms with Crippen LogP contribution in [0.5, 0.6) is 5.75 Å². The molecule has 0 bridgehead atoms. The summed E-state index contributed by atoms with van der Waals surface area (Å²) in [7, 11) is 2.89. The minimum atomic E-state index is -0.572.